The number of carbonyl (C=O) groups is 10. The molecule has 0 radical (unpaired) electrons. The first-order valence-corrected chi connectivity index (χ1v) is 30.6. The zero-order valence-corrected chi connectivity index (χ0v) is 53.4. The highest BCUT2D eigenvalue weighted by molar-refractivity contribution is 7.14. The van der Waals surface area contributed by atoms with Gasteiger partial charge in [0.25, 0.3) is 0 Å². The van der Waals surface area contributed by atoms with Gasteiger partial charge in [-0.25, -0.2) is 28.0 Å². The number of nitrogen functional groups attached to an aromatic ring is 3. The monoisotopic (exact) mass is 1400 g/mol. The molecular formula is C61H67F2N9O21S3. The summed E-state index contributed by atoms with van der Waals surface area (Å²) in [4.78, 5) is 119. The van der Waals surface area contributed by atoms with E-state index in [1.165, 1.54) is 54.7 Å². The standard InChI is InChI=1S/C21H22FN3O7S.C20H20FN3O7S.C20H25N3O7S/c1-10(19(28)25-14(20(29)30)4-7-17(26)27)8-12-3-6-16(33-12)21(31)32-15-5-2-11(18(23)24)9-13(15)22;1-9(18(27)24-13(19(28)29)8-16(25)26)6-11-3-5-15(32-11)20(30)31-14-4-2-10(17(22)23)7-12(14)21;1-10(18(26)23-14(19(27)28)9-16(24)25)8-13-6-7-15(31-13)20(29)30-12-4-2-11(3-5-12)17(21)22/h2-3,5-6,9-10,14H,4,7-8H2,1H3,(H3,23,24)(H,25,28)(H,26,27)(H,29,30);2-5,7,9,13H,6,8H2,1H3,(H3,22,23)(H,24,27)(H,25,26)(H,28,29);2-7,10,14,19-20,27-29H,8-9H2,1H3,(H3,21,22)(H,23,26)(H,24,25)/t10?,14-;9?,13-;10?,14-,20-/m011/s1. The van der Waals surface area contributed by atoms with Crippen LogP contribution in [0.2, 0.25) is 0 Å². The molecule has 3 aromatic heterocycles. The van der Waals surface area contributed by atoms with Crippen molar-refractivity contribution in [2.24, 2.45) is 35.0 Å². The summed E-state index contributed by atoms with van der Waals surface area (Å²) in [5.41, 5.74) is 16.8. The maximum Gasteiger partial charge on any atom is 0.353 e. The Morgan fingerprint density at radius 2 is 0.896 bits per heavy atom. The summed E-state index contributed by atoms with van der Waals surface area (Å²) in [5, 5.41) is 102. The third-order valence-corrected chi connectivity index (χ3v) is 16.5. The molecule has 35 heteroatoms. The Balaban J connectivity index is 0.000000306. The topological polar surface area (TPSA) is 546 Å². The number of benzene rings is 3. The summed E-state index contributed by atoms with van der Waals surface area (Å²) in [6.45, 7) is 4.72. The largest absolute Gasteiger partial charge is 0.481 e. The van der Waals surface area contributed by atoms with E-state index in [9.17, 15) is 72.0 Å². The molecule has 0 bridgehead atoms. The van der Waals surface area contributed by atoms with E-state index in [2.05, 4.69) is 16.0 Å². The predicted octanol–water partition coefficient (Wildman–Crippen LogP) is 4.17. The Bertz CT molecular complexity index is 3840. The Hall–Kier alpha value is -10.6. The molecule has 3 unspecified atom stereocenters. The summed E-state index contributed by atoms with van der Waals surface area (Å²) < 4.78 is 43.7. The van der Waals surface area contributed by atoms with Crippen LogP contribution < -0.4 is 47.4 Å². The average molecular weight is 1400 g/mol. The third-order valence-electron chi connectivity index (χ3n) is 13.2. The van der Waals surface area contributed by atoms with Gasteiger partial charge in [0.05, 0.1) is 23.8 Å². The summed E-state index contributed by atoms with van der Waals surface area (Å²) in [6.07, 6.45) is -4.59. The van der Waals surface area contributed by atoms with Crippen molar-refractivity contribution in [3.05, 3.63) is 155 Å². The van der Waals surface area contributed by atoms with E-state index in [0.29, 0.717) is 32.4 Å². The van der Waals surface area contributed by atoms with Gasteiger partial charge >= 0.3 is 41.8 Å². The molecule has 3 aromatic carbocycles. The number of amides is 3. The summed E-state index contributed by atoms with van der Waals surface area (Å²) >= 11 is 3.30. The third kappa shape index (κ3) is 25.4. The number of nitrogens with one attached hydrogen (secondary N) is 6. The maximum absolute atomic E-state index is 14.1. The number of hydrogen-bond donors (Lipinski definition) is 17. The molecule has 0 saturated carbocycles. The van der Waals surface area contributed by atoms with E-state index in [1.807, 2.05) is 0 Å². The lowest BCUT2D eigenvalue weighted by Gasteiger charge is -2.21. The highest BCUT2D eigenvalue weighted by Crippen LogP contribution is 2.30. The molecule has 96 heavy (non-hydrogen) atoms. The lowest BCUT2D eigenvalue weighted by Crippen LogP contribution is -2.46. The van der Waals surface area contributed by atoms with Gasteiger partial charge in [-0.05, 0) is 123 Å². The SMILES string of the molecule is CC(Cc1ccc(C(=O)Oc2ccc(C(=N)N)cc2F)s1)C(=O)N[C@@H](CCC(=O)O)C(=O)O.CC(Cc1ccc(C(=O)Oc2ccc(C(=N)N)cc2F)s1)C(=O)N[C@H](CC(=O)O)C(=O)O.CC(Cc1ccc([C@H](O)Oc2ccc(C(=N)N)cc2)s1)C(=O)N[C@H](CC(=O)O)C(O)O. The number of rotatable bonds is 32. The van der Waals surface area contributed by atoms with Gasteiger partial charge in [-0.15, -0.1) is 34.0 Å². The van der Waals surface area contributed by atoms with Crippen molar-refractivity contribution in [1.29, 1.82) is 16.2 Å². The van der Waals surface area contributed by atoms with Crippen molar-refractivity contribution in [3.8, 4) is 17.2 Å². The van der Waals surface area contributed by atoms with Gasteiger partial charge in [0.15, 0.2) is 29.4 Å². The Morgan fingerprint density at radius 3 is 1.28 bits per heavy atom. The smallest absolute Gasteiger partial charge is 0.353 e. The van der Waals surface area contributed by atoms with Gasteiger partial charge in [-0.3, -0.25) is 45.0 Å². The van der Waals surface area contributed by atoms with Crippen molar-refractivity contribution in [2.45, 2.75) is 96.4 Å². The molecule has 6 aromatic rings. The zero-order chi connectivity index (χ0) is 71.8. The fourth-order valence-electron chi connectivity index (χ4n) is 7.99. The average Bonchev–Trinajstić information content (AvgIpc) is 1.52. The van der Waals surface area contributed by atoms with E-state index >= 15 is 0 Å². The fourth-order valence-corrected chi connectivity index (χ4v) is 11.1. The fraction of sp³-hybridized carbons (Fsp3) is 0.295. The van der Waals surface area contributed by atoms with Crippen LogP contribution in [0.3, 0.4) is 0 Å². The first kappa shape index (κ1) is 77.9. The molecule has 0 aliphatic heterocycles. The van der Waals surface area contributed by atoms with Crippen molar-refractivity contribution < 1.29 is 112 Å². The van der Waals surface area contributed by atoms with Crippen LogP contribution in [0.1, 0.15) is 108 Å². The summed E-state index contributed by atoms with van der Waals surface area (Å²) in [5.74, 6) is -14.6. The molecule has 0 aliphatic carbocycles. The van der Waals surface area contributed by atoms with Crippen LogP contribution in [0.4, 0.5) is 8.78 Å². The number of halogens is 2. The first-order valence-electron chi connectivity index (χ1n) is 28.2. The normalized spacial score (nSPS) is 12.9. The molecule has 7 atom stereocenters. The lowest BCUT2D eigenvalue weighted by molar-refractivity contribution is -0.147. The number of nitrogens with two attached hydrogens (primary N) is 3. The Morgan fingerprint density at radius 1 is 0.500 bits per heavy atom. The number of carboxylic acid groups (broad SMARTS) is 5. The molecule has 514 valence electrons. The number of carbonyl (C=O) groups excluding carboxylic acids is 5. The molecule has 0 fully saturated rings. The minimum absolute atomic E-state index is 0.0732. The molecule has 3 heterocycles. The number of aliphatic hydroxyl groups is 3. The van der Waals surface area contributed by atoms with Crippen LogP contribution in [-0.4, -0.2) is 142 Å². The number of aliphatic hydroxyl groups excluding tert-OH is 2. The van der Waals surface area contributed by atoms with Crippen LogP contribution >= 0.6 is 34.0 Å². The van der Waals surface area contributed by atoms with Crippen molar-refractivity contribution in [1.82, 2.24) is 16.0 Å². The number of carboxylic acids is 5. The number of esters is 2. The molecule has 3 amide bonds. The lowest BCUT2D eigenvalue weighted by atomic mass is 10.0. The molecule has 30 nitrogen and oxygen atoms in total. The highest BCUT2D eigenvalue weighted by atomic mass is 32.1. The Labute approximate surface area is 555 Å². The second kappa shape index (κ2) is 36.8. The highest BCUT2D eigenvalue weighted by Gasteiger charge is 2.29. The molecule has 6 rings (SSSR count). The molecule has 20 N–H and O–H groups in total. The minimum atomic E-state index is -1.99. The number of hydrogen-bond acceptors (Lipinski definition) is 22. The van der Waals surface area contributed by atoms with Gasteiger partial charge in [0.2, 0.25) is 24.0 Å². The van der Waals surface area contributed by atoms with Gasteiger partial charge in [0.1, 0.15) is 45.1 Å². The number of amidine groups is 3. The van der Waals surface area contributed by atoms with Gasteiger partial charge in [-0.1, -0.05) is 20.8 Å². The van der Waals surface area contributed by atoms with Crippen LogP contribution in [0.25, 0.3) is 0 Å². The van der Waals surface area contributed by atoms with E-state index in [4.69, 9.17) is 73.2 Å². The molecule has 0 aliphatic rings. The van der Waals surface area contributed by atoms with Crippen molar-refractivity contribution in [2.75, 3.05) is 0 Å². The molecule has 0 saturated heterocycles. The van der Waals surface area contributed by atoms with Crippen molar-refractivity contribution in [3.63, 3.8) is 0 Å². The van der Waals surface area contributed by atoms with Gasteiger partial charge < -0.3 is 88.2 Å². The van der Waals surface area contributed by atoms with E-state index < -0.39 is 139 Å². The maximum atomic E-state index is 14.1. The number of ether oxygens (including phenoxy) is 3. The van der Waals surface area contributed by atoms with Crippen LogP contribution in [0.15, 0.2) is 97.1 Å². The van der Waals surface area contributed by atoms with Crippen LogP contribution in [0, 0.1) is 45.6 Å². The number of aliphatic carboxylic acids is 5. The van der Waals surface area contributed by atoms with Crippen LogP contribution in [0.5, 0.6) is 17.2 Å². The van der Waals surface area contributed by atoms with E-state index in [0.717, 1.165) is 39.7 Å². The van der Waals surface area contributed by atoms with Crippen molar-refractivity contribution >= 4 is 111 Å². The molecule has 0 spiro atoms. The van der Waals surface area contributed by atoms with E-state index in [1.54, 1.807) is 62.4 Å². The first-order chi connectivity index (χ1) is 45.0. The van der Waals surface area contributed by atoms with E-state index in [-0.39, 0.29) is 69.1 Å². The second-order valence-electron chi connectivity index (χ2n) is 20.9. The Kier molecular flexibility index (Phi) is 29.8. The minimum Gasteiger partial charge on any atom is -0.481 e. The predicted molar refractivity (Wildman–Crippen MR) is 340 cm³/mol. The quantitative estimate of drug-likeness (QED) is 0.00926. The van der Waals surface area contributed by atoms with Gasteiger partial charge in [-0.2, -0.15) is 0 Å². The summed E-state index contributed by atoms with van der Waals surface area (Å²) in [6, 6.07) is 18.7. The zero-order valence-electron chi connectivity index (χ0n) is 50.9. The molecular weight excluding hydrogens is 1330 g/mol. The van der Waals surface area contributed by atoms with Crippen LogP contribution in [-0.2, 0) is 57.6 Å². The summed E-state index contributed by atoms with van der Waals surface area (Å²) in [7, 11) is 0. The number of thiophene rings is 3. The van der Waals surface area contributed by atoms with Gasteiger partial charge in [0, 0.05) is 55.5 Å². The second-order valence-corrected chi connectivity index (χ2v) is 24.4.